The molecule has 0 unspecified atom stereocenters. The molecule has 0 aromatic heterocycles. The maximum atomic E-state index is 12.7. The van der Waals surface area contributed by atoms with Gasteiger partial charge in [0.05, 0.1) is 17.8 Å². The third kappa shape index (κ3) is 5.54. The molecule has 0 bridgehead atoms. The largest absolute Gasteiger partial charge is 0.427 e. The van der Waals surface area contributed by atoms with Gasteiger partial charge in [0, 0.05) is 12.5 Å². The van der Waals surface area contributed by atoms with Crippen molar-refractivity contribution in [1.82, 2.24) is 0 Å². The first kappa shape index (κ1) is 20.8. The van der Waals surface area contributed by atoms with E-state index in [1.807, 2.05) is 31.2 Å². The molecule has 2 amide bonds. The number of ether oxygens (including phenoxy) is 1. The molecular weight excluding hydrogens is 380 g/mol. The number of nitrogens with one attached hydrogen (secondary N) is 2. The van der Waals surface area contributed by atoms with Gasteiger partial charge in [-0.2, -0.15) is 0 Å². The highest BCUT2D eigenvalue weighted by molar-refractivity contribution is 6.07. The molecule has 30 heavy (non-hydrogen) atoms. The summed E-state index contributed by atoms with van der Waals surface area (Å²) in [5, 5.41) is 5.65. The molecule has 3 rings (SSSR count). The minimum Gasteiger partial charge on any atom is -0.427 e. The van der Waals surface area contributed by atoms with E-state index in [4.69, 9.17) is 4.74 Å². The second-order valence-electron chi connectivity index (χ2n) is 6.77. The van der Waals surface area contributed by atoms with Crippen LogP contribution in [0.2, 0.25) is 0 Å². The lowest BCUT2D eigenvalue weighted by Gasteiger charge is -2.13. The van der Waals surface area contributed by atoms with E-state index in [1.54, 1.807) is 42.5 Å². The number of amides is 2. The van der Waals surface area contributed by atoms with Crippen LogP contribution in [0.5, 0.6) is 5.75 Å². The molecule has 6 nitrogen and oxygen atoms in total. The van der Waals surface area contributed by atoms with Crippen LogP contribution in [0.3, 0.4) is 0 Å². The SMILES string of the molecule is CC(=O)Oc1cccc(C(=O)Nc2ccccc2NC(=O)Cc2ccccc2C)c1. The minimum absolute atomic E-state index is 0.178. The summed E-state index contributed by atoms with van der Waals surface area (Å²) in [6.07, 6.45) is 0.236. The summed E-state index contributed by atoms with van der Waals surface area (Å²) in [6, 6.07) is 21.0. The first-order valence-corrected chi connectivity index (χ1v) is 9.45. The van der Waals surface area contributed by atoms with Gasteiger partial charge in [0.2, 0.25) is 5.91 Å². The van der Waals surface area contributed by atoms with Crippen LogP contribution in [0.1, 0.15) is 28.4 Å². The van der Waals surface area contributed by atoms with Crippen LogP contribution in [0.25, 0.3) is 0 Å². The third-order valence-electron chi connectivity index (χ3n) is 4.42. The van der Waals surface area contributed by atoms with E-state index in [0.29, 0.717) is 16.9 Å². The van der Waals surface area contributed by atoms with E-state index in [1.165, 1.54) is 13.0 Å². The van der Waals surface area contributed by atoms with Crippen LogP contribution < -0.4 is 15.4 Å². The Balaban J connectivity index is 1.72. The average Bonchev–Trinajstić information content (AvgIpc) is 2.71. The number of carbonyl (C=O) groups is 3. The highest BCUT2D eigenvalue weighted by Gasteiger charge is 2.13. The normalized spacial score (nSPS) is 10.2. The van der Waals surface area contributed by atoms with Crippen LogP contribution in [0.15, 0.2) is 72.8 Å². The zero-order valence-corrected chi connectivity index (χ0v) is 16.8. The number of rotatable bonds is 6. The number of carbonyl (C=O) groups excluding carboxylic acids is 3. The fourth-order valence-corrected chi connectivity index (χ4v) is 2.94. The number of aryl methyl sites for hydroxylation is 1. The molecule has 152 valence electrons. The summed E-state index contributed by atoms with van der Waals surface area (Å²) >= 11 is 0. The van der Waals surface area contributed by atoms with Crippen LogP contribution in [0, 0.1) is 6.92 Å². The predicted octanol–water partition coefficient (Wildman–Crippen LogP) is 4.35. The summed E-state index contributed by atoms with van der Waals surface area (Å²) < 4.78 is 5.02. The van der Waals surface area contributed by atoms with Gasteiger partial charge >= 0.3 is 5.97 Å². The summed E-state index contributed by atoms with van der Waals surface area (Å²) in [5.74, 6) is -0.739. The van der Waals surface area contributed by atoms with Gasteiger partial charge in [0.25, 0.3) is 5.91 Å². The van der Waals surface area contributed by atoms with Gasteiger partial charge in [-0.15, -0.1) is 0 Å². The number of benzene rings is 3. The van der Waals surface area contributed by atoms with Crippen LogP contribution in [-0.2, 0) is 16.0 Å². The van der Waals surface area contributed by atoms with Crippen molar-refractivity contribution in [1.29, 1.82) is 0 Å². The Morgan fingerprint density at radius 3 is 2.20 bits per heavy atom. The second-order valence-corrected chi connectivity index (χ2v) is 6.77. The van der Waals surface area contributed by atoms with Gasteiger partial charge in [-0.3, -0.25) is 14.4 Å². The molecule has 0 saturated carbocycles. The number of hydrogen-bond donors (Lipinski definition) is 2. The lowest BCUT2D eigenvalue weighted by molar-refractivity contribution is -0.131. The highest BCUT2D eigenvalue weighted by atomic mass is 16.5. The van der Waals surface area contributed by atoms with Crippen molar-refractivity contribution in [2.24, 2.45) is 0 Å². The summed E-state index contributed by atoms with van der Waals surface area (Å²) in [6.45, 7) is 3.25. The molecule has 0 aliphatic heterocycles. The minimum atomic E-state index is -0.464. The molecule has 0 atom stereocenters. The second kappa shape index (κ2) is 9.52. The zero-order chi connectivity index (χ0) is 21.5. The molecule has 0 aliphatic rings. The number of para-hydroxylation sites is 2. The molecule has 6 heteroatoms. The first-order valence-electron chi connectivity index (χ1n) is 9.45. The molecule has 0 saturated heterocycles. The zero-order valence-electron chi connectivity index (χ0n) is 16.8. The molecular formula is C24H22N2O4. The molecule has 2 N–H and O–H groups in total. The fourth-order valence-electron chi connectivity index (χ4n) is 2.94. The van der Waals surface area contributed by atoms with Gasteiger partial charge < -0.3 is 15.4 Å². The van der Waals surface area contributed by atoms with Gasteiger partial charge in [-0.05, 0) is 48.4 Å². The average molecular weight is 402 g/mol. The summed E-state index contributed by atoms with van der Waals surface area (Å²) in [5.41, 5.74) is 3.29. The molecule has 3 aromatic rings. The van der Waals surface area contributed by atoms with E-state index in [9.17, 15) is 14.4 Å². The quantitative estimate of drug-likeness (QED) is 0.474. The smallest absolute Gasteiger partial charge is 0.308 e. The summed E-state index contributed by atoms with van der Waals surface area (Å²) in [4.78, 5) is 36.3. The number of hydrogen-bond acceptors (Lipinski definition) is 4. The maximum Gasteiger partial charge on any atom is 0.308 e. The van der Waals surface area contributed by atoms with Crippen LogP contribution >= 0.6 is 0 Å². The van der Waals surface area contributed by atoms with Crippen molar-refractivity contribution in [3.05, 3.63) is 89.5 Å². The molecule has 0 fully saturated rings. The van der Waals surface area contributed by atoms with Crippen LogP contribution in [0.4, 0.5) is 11.4 Å². The van der Waals surface area contributed by atoms with Gasteiger partial charge in [0.1, 0.15) is 5.75 Å². The monoisotopic (exact) mass is 402 g/mol. The summed E-state index contributed by atoms with van der Waals surface area (Å²) in [7, 11) is 0. The lowest BCUT2D eigenvalue weighted by atomic mass is 10.1. The fraction of sp³-hybridized carbons (Fsp3) is 0.125. The Bertz CT molecular complexity index is 1090. The Hall–Kier alpha value is -3.93. The van der Waals surface area contributed by atoms with Gasteiger partial charge in [0.15, 0.2) is 0 Å². The van der Waals surface area contributed by atoms with E-state index in [2.05, 4.69) is 10.6 Å². The van der Waals surface area contributed by atoms with E-state index in [-0.39, 0.29) is 24.0 Å². The molecule has 0 radical (unpaired) electrons. The Morgan fingerprint density at radius 1 is 0.833 bits per heavy atom. The molecule has 0 heterocycles. The maximum absolute atomic E-state index is 12.7. The molecule has 3 aromatic carbocycles. The van der Waals surface area contributed by atoms with Crippen LogP contribution in [-0.4, -0.2) is 17.8 Å². The number of anilines is 2. The lowest BCUT2D eigenvalue weighted by Crippen LogP contribution is -2.18. The van der Waals surface area contributed by atoms with Crippen molar-refractivity contribution >= 4 is 29.2 Å². The first-order chi connectivity index (χ1) is 14.4. The Labute approximate surface area is 174 Å². The van der Waals surface area contributed by atoms with Gasteiger partial charge in [-0.25, -0.2) is 0 Å². The molecule has 0 spiro atoms. The highest BCUT2D eigenvalue weighted by Crippen LogP contribution is 2.23. The van der Waals surface area contributed by atoms with Crippen molar-refractivity contribution in [2.75, 3.05) is 10.6 Å². The Kier molecular flexibility index (Phi) is 6.60. The van der Waals surface area contributed by atoms with E-state index >= 15 is 0 Å². The number of esters is 1. The van der Waals surface area contributed by atoms with Crippen molar-refractivity contribution in [3.63, 3.8) is 0 Å². The van der Waals surface area contributed by atoms with Gasteiger partial charge in [-0.1, -0.05) is 42.5 Å². The third-order valence-corrected chi connectivity index (χ3v) is 4.42. The Morgan fingerprint density at radius 2 is 1.50 bits per heavy atom. The molecule has 0 aliphatic carbocycles. The van der Waals surface area contributed by atoms with Crippen molar-refractivity contribution in [3.8, 4) is 5.75 Å². The van der Waals surface area contributed by atoms with E-state index < -0.39 is 5.97 Å². The topological polar surface area (TPSA) is 84.5 Å². The van der Waals surface area contributed by atoms with Crippen molar-refractivity contribution < 1.29 is 19.1 Å². The van der Waals surface area contributed by atoms with Crippen molar-refractivity contribution in [2.45, 2.75) is 20.3 Å². The predicted molar refractivity (Wildman–Crippen MR) is 116 cm³/mol. The standard InChI is InChI=1S/C24H22N2O4/c1-16-8-3-4-9-18(16)15-23(28)25-21-12-5-6-13-22(21)26-24(29)19-10-7-11-20(14-19)30-17(2)27/h3-14H,15H2,1-2H3,(H,25,28)(H,26,29). The van der Waals surface area contributed by atoms with E-state index in [0.717, 1.165) is 11.1 Å².